The second-order valence-electron chi connectivity index (χ2n) is 4.10. The van der Waals surface area contributed by atoms with Crippen molar-refractivity contribution >= 4 is 39.5 Å². The summed E-state index contributed by atoms with van der Waals surface area (Å²) in [6, 6.07) is 3.15. The number of halogens is 1. The second kappa shape index (κ2) is 6.90. The lowest BCUT2D eigenvalue weighted by Crippen LogP contribution is -2.45. The average molecular weight is 344 g/mol. The number of benzene rings is 1. The van der Waals surface area contributed by atoms with Crippen LogP contribution in [0.15, 0.2) is 22.7 Å². The number of nitrogens with two attached hydrogens (primary N) is 1. The van der Waals surface area contributed by atoms with Gasteiger partial charge < -0.3 is 21.5 Å². The van der Waals surface area contributed by atoms with Crippen molar-refractivity contribution in [3.05, 3.63) is 28.2 Å². The van der Waals surface area contributed by atoms with Gasteiger partial charge in [0.25, 0.3) is 0 Å². The molecular formula is C12H14BrN3O4. The van der Waals surface area contributed by atoms with E-state index in [1.54, 1.807) is 12.1 Å². The minimum Gasteiger partial charge on any atom is -0.480 e. The Hall–Kier alpha value is -2.09. The van der Waals surface area contributed by atoms with Gasteiger partial charge in [0, 0.05) is 4.47 Å². The van der Waals surface area contributed by atoms with Crippen molar-refractivity contribution in [1.29, 1.82) is 0 Å². The molecule has 1 unspecified atom stereocenters. The monoisotopic (exact) mass is 343 g/mol. The lowest BCUT2D eigenvalue weighted by Gasteiger charge is -2.14. The standard InChI is InChI=1S/C12H14BrN3O4/c1-6-3-2-4-7(10(6)13)15-12(20)16-8(11(18)19)5-9(14)17/h2-4,8H,5H2,1H3,(H2,14,17)(H,18,19)(H2,15,16,20). The van der Waals surface area contributed by atoms with Gasteiger partial charge in [-0.05, 0) is 34.5 Å². The molecule has 0 aromatic heterocycles. The van der Waals surface area contributed by atoms with Gasteiger partial charge in [0.2, 0.25) is 5.91 Å². The van der Waals surface area contributed by atoms with Gasteiger partial charge in [0.15, 0.2) is 0 Å². The topological polar surface area (TPSA) is 122 Å². The number of hydrogen-bond acceptors (Lipinski definition) is 3. The summed E-state index contributed by atoms with van der Waals surface area (Å²) in [6.07, 6.45) is -0.474. The molecule has 1 aromatic rings. The Kier molecular flexibility index (Phi) is 5.51. The van der Waals surface area contributed by atoms with Crippen molar-refractivity contribution in [3.63, 3.8) is 0 Å². The van der Waals surface area contributed by atoms with Gasteiger partial charge in [-0.1, -0.05) is 12.1 Å². The van der Waals surface area contributed by atoms with Gasteiger partial charge in [0.05, 0.1) is 12.1 Å². The third kappa shape index (κ3) is 4.54. The largest absolute Gasteiger partial charge is 0.480 e. The molecule has 0 spiro atoms. The maximum absolute atomic E-state index is 11.7. The molecule has 1 atom stereocenters. The second-order valence-corrected chi connectivity index (χ2v) is 4.89. The number of carbonyl (C=O) groups is 3. The van der Waals surface area contributed by atoms with E-state index in [0.29, 0.717) is 10.2 Å². The van der Waals surface area contributed by atoms with Crippen LogP contribution in [0.25, 0.3) is 0 Å². The number of amides is 3. The molecule has 0 saturated carbocycles. The number of hydrogen-bond donors (Lipinski definition) is 4. The highest BCUT2D eigenvalue weighted by atomic mass is 79.9. The number of primary amides is 1. The molecule has 3 amide bonds. The molecule has 0 aliphatic heterocycles. The molecule has 0 radical (unpaired) electrons. The van der Waals surface area contributed by atoms with E-state index in [0.717, 1.165) is 5.56 Å². The highest BCUT2D eigenvalue weighted by molar-refractivity contribution is 9.10. The van der Waals surface area contributed by atoms with Crippen molar-refractivity contribution in [2.45, 2.75) is 19.4 Å². The number of aryl methyl sites for hydroxylation is 1. The van der Waals surface area contributed by atoms with Gasteiger partial charge >= 0.3 is 12.0 Å². The van der Waals surface area contributed by atoms with Crippen molar-refractivity contribution in [2.24, 2.45) is 5.73 Å². The number of aliphatic carboxylic acids is 1. The summed E-state index contributed by atoms with van der Waals surface area (Å²) in [5.74, 6) is -2.14. The smallest absolute Gasteiger partial charge is 0.326 e. The fraction of sp³-hybridized carbons (Fsp3) is 0.250. The minimum atomic E-state index is -1.36. The van der Waals surface area contributed by atoms with E-state index in [9.17, 15) is 14.4 Å². The molecule has 7 nitrogen and oxygen atoms in total. The van der Waals surface area contributed by atoms with Crippen molar-refractivity contribution in [2.75, 3.05) is 5.32 Å². The maximum Gasteiger partial charge on any atom is 0.326 e. The molecule has 0 heterocycles. The van der Waals surface area contributed by atoms with E-state index < -0.39 is 30.4 Å². The molecule has 0 fully saturated rings. The van der Waals surface area contributed by atoms with Crippen LogP contribution in [0.2, 0.25) is 0 Å². The fourth-order valence-electron chi connectivity index (χ4n) is 1.46. The van der Waals surface area contributed by atoms with Crippen LogP contribution in [0.3, 0.4) is 0 Å². The van der Waals surface area contributed by atoms with E-state index in [-0.39, 0.29) is 0 Å². The highest BCUT2D eigenvalue weighted by Crippen LogP contribution is 2.25. The van der Waals surface area contributed by atoms with Gasteiger partial charge in [-0.25, -0.2) is 9.59 Å². The van der Waals surface area contributed by atoms with Gasteiger partial charge in [-0.15, -0.1) is 0 Å². The highest BCUT2D eigenvalue weighted by Gasteiger charge is 2.22. The molecule has 8 heteroatoms. The molecule has 1 aromatic carbocycles. The van der Waals surface area contributed by atoms with Crippen molar-refractivity contribution in [1.82, 2.24) is 5.32 Å². The van der Waals surface area contributed by atoms with Gasteiger partial charge in [-0.2, -0.15) is 0 Å². The Bertz CT molecular complexity index is 548. The van der Waals surface area contributed by atoms with Crippen LogP contribution in [0.1, 0.15) is 12.0 Å². The maximum atomic E-state index is 11.7. The number of anilines is 1. The zero-order valence-corrected chi connectivity index (χ0v) is 12.2. The summed E-state index contributed by atoms with van der Waals surface area (Å²) in [7, 11) is 0. The predicted molar refractivity (Wildman–Crippen MR) is 76.3 cm³/mol. The number of rotatable bonds is 5. The summed E-state index contributed by atoms with van der Waals surface area (Å²) in [5.41, 5.74) is 6.33. The summed E-state index contributed by atoms with van der Waals surface area (Å²) in [4.78, 5) is 33.3. The number of nitrogens with one attached hydrogen (secondary N) is 2. The van der Waals surface area contributed by atoms with E-state index in [1.807, 2.05) is 13.0 Å². The Balaban J connectivity index is 2.73. The van der Waals surface area contributed by atoms with Crippen LogP contribution < -0.4 is 16.4 Å². The predicted octanol–water partition coefficient (Wildman–Crippen LogP) is 1.21. The summed E-state index contributed by atoms with van der Waals surface area (Å²) in [6.45, 7) is 1.85. The molecular weight excluding hydrogens is 330 g/mol. The summed E-state index contributed by atoms with van der Waals surface area (Å²) < 4.78 is 0.692. The first-order valence-electron chi connectivity index (χ1n) is 5.65. The quantitative estimate of drug-likeness (QED) is 0.641. The zero-order valence-electron chi connectivity index (χ0n) is 10.6. The zero-order chi connectivity index (χ0) is 15.3. The summed E-state index contributed by atoms with van der Waals surface area (Å²) >= 11 is 3.31. The first-order valence-corrected chi connectivity index (χ1v) is 6.44. The minimum absolute atomic E-state index is 0.474. The van der Waals surface area contributed by atoms with E-state index >= 15 is 0 Å². The third-order valence-corrected chi connectivity index (χ3v) is 3.50. The van der Waals surface area contributed by atoms with Crippen molar-refractivity contribution in [3.8, 4) is 0 Å². The Morgan fingerprint density at radius 2 is 2.05 bits per heavy atom. The van der Waals surface area contributed by atoms with Crippen LogP contribution in [0, 0.1) is 6.92 Å². The fourth-order valence-corrected chi connectivity index (χ4v) is 1.83. The Morgan fingerprint density at radius 1 is 1.40 bits per heavy atom. The lowest BCUT2D eigenvalue weighted by molar-refractivity contribution is -0.140. The molecule has 0 saturated heterocycles. The molecule has 0 aliphatic carbocycles. The first kappa shape index (κ1) is 16.0. The molecule has 0 bridgehead atoms. The molecule has 108 valence electrons. The van der Waals surface area contributed by atoms with Crippen LogP contribution in [0.4, 0.5) is 10.5 Å². The molecule has 5 N–H and O–H groups in total. The van der Waals surface area contributed by atoms with E-state index in [1.165, 1.54) is 0 Å². The SMILES string of the molecule is Cc1cccc(NC(=O)NC(CC(N)=O)C(=O)O)c1Br. The Labute approximate surface area is 123 Å². The van der Waals surface area contributed by atoms with Crippen LogP contribution in [-0.2, 0) is 9.59 Å². The van der Waals surface area contributed by atoms with Gasteiger partial charge in [0.1, 0.15) is 6.04 Å². The Morgan fingerprint density at radius 3 is 2.60 bits per heavy atom. The van der Waals surface area contributed by atoms with E-state index in [4.69, 9.17) is 10.8 Å². The van der Waals surface area contributed by atoms with Gasteiger partial charge in [-0.3, -0.25) is 4.79 Å². The van der Waals surface area contributed by atoms with Crippen LogP contribution >= 0.6 is 15.9 Å². The first-order chi connectivity index (χ1) is 9.31. The molecule has 0 aliphatic rings. The summed E-state index contributed by atoms with van der Waals surface area (Å²) in [5, 5.41) is 13.5. The lowest BCUT2D eigenvalue weighted by atomic mass is 10.2. The van der Waals surface area contributed by atoms with Crippen LogP contribution in [0.5, 0.6) is 0 Å². The number of carboxylic acids is 1. The molecule has 1 rings (SSSR count). The number of carboxylic acid groups (broad SMARTS) is 1. The molecule has 20 heavy (non-hydrogen) atoms. The number of urea groups is 1. The average Bonchev–Trinajstić information content (AvgIpc) is 2.33. The number of carbonyl (C=O) groups excluding carboxylic acids is 2. The normalized spacial score (nSPS) is 11.5. The third-order valence-electron chi connectivity index (χ3n) is 2.45. The van der Waals surface area contributed by atoms with Crippen molar-refractivity contribution < 1.29 is 19.5 Å². The van der Waals surface area contributed by atoms with Crippen LogP contribution in [-0.4, -0.2) is 29.1 Å². The van der Waals surface area contributed by atoms with E-state index in [2.05, 4.69) is 26.6 Å².